The first-order valence-electron chi connectivity index (χ1n) is 5.70. The lowest BCUT2D eigenvalue weighted by Crippen LogP contribution is -2.36. The average molecular weight is 268 g/mol. The van der Waals surface area contributed by atoms with Gasteiger partial charge in [0, 0.05) is 31.8 Å². The van der Waals surface area contributed by atoms with Crippen molar-refractivity contribution in [3.63, 3.8) is 0 Å². The summed E-state index contributed by atoms with van der Waals surface area (Å²) in [7, 11) is -1.25. The van der Waals surface area contributed by atoms with Gasteiger partial charge in [-0.15, -0.1) is 0 Å². The molecule has 0 aliphatic rings. The summed E-state index contributed by atoms with van der Waals surface area (Å²) in [5, 5.41) is 0. The summed E-state index contributed by atoms with van der Waals surface area (Å²) in [5.41, 5.74) is 2.67. The Hall–Kier alpha value is -0.210. The van der Waals surface area contributed by atoms with Crippen LogP contribution in [0.5, 0.6) is 0 Å². The van der Waals surface area contributed by atoms with Crippen LogP contribution in [-0.4, -0.2) is 53.4 Å². The summed E-state index contributed by atoms with van der Waals surface area (Å²) in [6.45, 7) is 1.74. The zero-order chi connectivity index (χ0) is 13.1. The molecule has 0 aromatic rings. The second-order valence-electron chi connectivity index (χ2n) is 4.03. The highest BCUT2D eigenvalue weighted by Crippen LogP contribution is 2.03. The van der Waals surface area contributed by atoms with Gasteiger partial charge in [0.2, 0.25) is 0 Å². The Kier molecular flexibility index (Phi) is 9.66. The van der Waals surface area contributed by atoms with Gasteiger partial charge in [0.15, 0.2) is 0 Å². The molecular formula is C10H24N2O4S. The highest BCUT2D eigenvalue weighted by atomic mass is 32.2. The molecule has 0 aromatic carbocycles. The molecule has 0 saturated carbocycles. The summed E-state index contributed by atoms with van der Waals surface area (Å²) >= 11 is 0. The van der Waals surface area contributed by atoms with E-state index < -0.39 is 9.84 Å². The highest BCUT2D eigenvalue weighted by molar-refractivity contribution is 7.90. The fourth-order valence-corrected chi connectivity index (χ4v) is 2.06. The van der Waals surface area contributed by atoms with Gasteiger partial charge in [0.1, 0.15) is 9.84 Å². The monoisotopic (exact) mass is 268 g/mol. The summed E-state index contributed by atoms with van der Waals surface area (Å²) in [6.07, 6.45) is 3.36. The van der Waals surface area contributed by atoms with E-state index >= 15 is 0 Å². The molecule has 0 fully saturated rings. The van der Waals surface area contributed by atoms with Gasteiger partial charge in [0.05, 0.1) is 13.2 Å². The van der Waals surface area contributed by atoms with E-state index in [0.29, 0.717) is 26.2 Å². The maximum Gasteiger partial charge on any atom is 0.147 e. The quantitative estimate of drug-likeness (QED) is 0.304. The van der Waals surface area contributed by atoms with Gasteiger partial charge < -0.3 is 9.47 Å². The fraction of sp³-hybridized carbons (Fsp3) is 1.00. The summed E-state index contributed by atoms with van der Waals surface area (Å²) < 4.78 is 32.0. The van der Waals surface area contributed by atoms with E-state index in [1.807, 2.05) is 0 Å². The van der Waals surface area contributed by atoms with E-state index in [0.717, 1.165) is 12.8 Å². The van der Waals surface area contributed by atoms with E-state index in [-0.39, 0.29) is 11.8 Å². The standard InChI is InChI=1S/C10H24N2O4S/c1-15-7-8-16-6-5-10(12-11)4-3-9-17(2,13)14/h10,12H,3-9,11H2,1-2H3. The van der Waals surface area contributed by atoms with Crippen molar-refractivity contribution in [3.8, 4) is 0 Å². The molecule has 0 amide bonds. The van der Waals surface area contributed by atoms with E-state index in [1.54, 1.807) is 7.11 Å². The third kappa shape index (κ3) is 12.0. The van der Waals surface area contributed by atoms with Crippen LogP contribution in [0.25, 0.3) is 0 Å². The number of nitrogens with one attached hydrogen (secondary N) is 1. The first-order chi connectivity index (χ1) is 7.99. The molecule has 3 N–H and O–H groups in total. The third-order valence-corrected chi connectivity index (χ3v) is 3.38. The topological polar surface area (TPSA) is 90.6 Å². The van der Waals surface area contributed by atoms with Crippen molar-refractivity contribution < 1.29 is 17.9 Å². The Morgan fingerprint density at radius 3 is 2.47 bits per heavy atom. The van der Waals surface area contributed by atoms with Crippen molar-refractivity contribution in [2.24, 2.45) is 5.84 Å². The van der Waals surface area contributed by atoms with Gasteiger partial charge in [-0.05, 0) is 19.3 Å². The van der Waals surface area contributed by atoms with Crippen LogP contribution in [0, 0.1) is 0 Å². The fourth-order valence-electron chi connectivity index (χ4n) is 1.37. The molecule has 0 radical (unpaired) electrons. The molecule has 0 saturated heterocycles. The molecular weight excluding hydrogens is 244 g/mol. The van der Waals surface area contributed by atoms with Crippen LogP contribution in [0.1, 0.15) is 19.3 Å². The molecule has 6 nitrogen and oxygen atoms in total. The number of ether oxygens (including phenoxy) is 2. The van der Waals surface area contributed by atoms with Gasteiger partial charge in [0.25, 0.3) is 0 Å². The Morgan fingerprint density at radius 2 is 1.94 bits per heavy atom. The summed E-state index contributed by atoms with van der Waals surface area (Å²) in [5.74, 6) is 5.59. The number of rotatable bonds is 11. The second-order valence-corrected chi connectivity index (χ2v) is 6.29. The van der Waals surface area contributed by atoms with Gasteiger partial charge in [-0.3, -0.25) is 11.3 Å². The van der Waals surface area contributed by atoms with Crippen LogP contribution in [-0.2, 0) is 19.3 Å². The lowest BCUT2D eigenvalue weighted by atomic mass is 10.1. The minimum Gasteiger partial charge on any atom is -0.382 e. The zero-order valence-electron chi connectivity index (χ0n) is 10.6. The lowest BCUT2D eigenvalue weighted by molar-refractivity contribution is 0.0654. The third-order valence-electron chi connectivity index (χ3n) is 2.35. The highest BCUT2D eigenvalue weighted by Gasteiger charge is 2.08. The van der Waals surface area contributed by atoms with Gasteiger partial charge in [-0.2, -0.15) is 0 Å². The molecule has 0 aromatic heterocycles. The first-order valence-corrected chi connectivity index (χ1v) is 7.76. The average Bonchev–Trinajstić information content (AvgIpc) is 2.25. The maximum absolute atomic E-state index is 10.9. The summed E-state index contributed by atoms with van der Waals surface area (Å²) in [6, 6.07) is 0.0966. The molecule has 0 heterocycles. The van der Waals surface area contributed by atoms with Crippen molar-refractivity contribution in [2.75, 3.05) is 38.9 Å². The molecule has 0 aliphatic heterocycles. The normalized spacial score (nSPS) is 13.8. The molecule has 0 aliphatic carbocycles. The SMILES string of the molecule is COCCOCCC(CCCS(C)(=O)=O)NN. The largest absolute Gasteiger partial charge is 0.382 e. The molecule has 0 bridgehead atoms. The number of nitrogens with two attached hydrogens (primary N) is 1. The number of sulfone groups is 1. The molecule has 1 atom stereocenters. The van der Waals surface area contributed by atoms with Crippen molar-refractivity contribution in [1.29, 1.82) is 0 Å². The van der Waals surface area contributed by atoms with Gasteiger partial charge in [-0.1, -0.05) is 0 Å². The molecule has 7 heteroatoms. The van der Waals surface area contributed by atoms with E-state index in [4.69, 9.17) is 15.3 Å². The maximum atomic E-state index is 10.9. The van der Waals surface area contributed by atoms with E-state index in [2.05, 4.69) is 5.43 Å². The van der Waals surface area contributed by atoms with Gasteiger partial charge in [-0.25, -0.2) is 8.42 Å². The van der Waals surface area contributed by atoms with Crippen molar-refractivity contribution >= 4 is 9.84 Å². The van der Waals surface area contributed by atoms with Crippen LogP contribution >= 0.6 is 0 Å². The number of methoxy groups -OCH3 is 1. The van der Waals surface area contributed by atoms with Crippen LogP contribution in [0.2, 0.25) is 0 Å². The van der Waals surface area contributed by atoms with Crippen LogP contribution in [0.15, 0.2) is 0 Å². The predicted octanol–water partition coefficient (Wildman–Crippen LogP) is -0.304. The van der Waals surface area contributed by atoms with Crippen LogP contribution in [0.3, 0.4) is 0 Å². The van der Waals surface area contributed by atoms with Crippen molar-refractivity contribution in [2.45, 2.75) is 25.3 Å². The first kappa shape index (κ1) is 16.8. The molecule has 1 unspecified atom stereocenters. The molecule has 104 valence electrons. The number of hydrazine groups is 1. The van der Waals surface area contributed by atoms with Crippen LogP contribution in [0.4, 0.5) is 0 Å². The van der Waals surface area contributed by atoms with Crippen molar-refractivity contribution in [1.82, 2.24) is 5.43 Å². The Labute approximate surface area is 104 Å². The predicted molar refractivity (Wildman–Crippen MR) is 67.4 cm³/mol. The Bertz CT molecular complexity index is 269. The summed E-state index contributed by atoms with van der Waals surface area (Å²) in [4.78, 5) is 0. The smallest absolute Gasteiger partial charge is 0.147 e. The molecule has 17 heavy (non-hydrogen) atoms. The number of hydrogen-bond donors (Lipinski definition) is 2. The molecule has 0 spiro atoms. The minimum atomic E-state index is -2.88. The molecule has 0 rings (SSSR count). The van der Waals surface area contributed by atoms with Gasteiger partial charge >= 0.3 is 0 Å². The van der Waals surface area contributed by atoms with E-state index in [1.165, 1.54) is 6.26 Å². The van der Waals surface area contributed by atoms with Crippen molar-refractivity contribution in [3.05, 3.63) is 0 Å². The zero-order valence-corrected chi connectivity index (χ0v) is 11.5. The second kappa shape index (κ2) is 9.78. The van der Waals surface area contributed by atoms with Crippen LogP contribution < -0.4 is 11.3 Å². The Balaban J connectivity index is 3.56. The lowest BCUT2D eigenvalue weighted by Gasteiger charge is -2.15. The minimum absolute atomic E-state index is 0.0966. The Morgan fingerprint density at radius 1 is 1.24 bits per heavy atom. The number of hydrogen-bond acceptors (Lipinski definition) is 6. The van der Waals surface area contributed by atoms with E-state index in [9.17, 15) is 8.42 Å².